The number of piperidine rings is 1. The number of rotatable bonds is 2. The average Bonchev–Trinajstić information content (AvgIpc) is 2.51. The van der Waals surface area contributed by atoms with Gasteiger partial charge in [0.25, 0.3) is 0 Å². The van der Waals surface area contributed by atoms with E-state index in [-0.39, 0.29) is 0 Å². The van der Waals surface area contributed by atoms with E-state index in [0.717, 1.165) is 35.7 Å². The number of ketones is 1. The van der Waals surface area contributed by atoms with Crippen LogP contribution >= 0.6 is 11.6 Å². The molecule has 22 heavy (non-hydrogen) atoms. The number of Topliss-reactive ketones (excluding diaryl/α,β-unsaturated/α-hetero) is 1. The van der Waals surface area contributed by atoms with Crippen LogP contribution in [0.25, 0.3) is 11.4 Å². The lowest BCUT2D eigenvalue weighted by Crippen LogP contribution is -2.35. The first-order chi connectivity index (χ1) is 10.5. The maximum absolute atomic E-state index is 11.4. The minimum atomic E-state index is 0.328. The molecule has 0 saturated carbocycles. The van der Waals surface area contributed by atoms with Crippen molar-refractivity contribution in [1.29, 1.82) is 0 Å². The van der Waals surface area contributed by atoms with Gasteiger partial charge in [0, 0.05) is 47.8 Å². The SMILES string of the molecule is Cc1nc(-c2cccc(Cl)c2)nc(N2CCC(=O)CC2)c1C. The number of hydrogen-bond donors (Lipinski definition) is 0. The van der Waals surface area contributed by atoms with Gasteiger partial charge in [-0.15, -0.1) is 0 Å². The zero-order valence-corrected chi connectivity index (χ0v) is 13.5. The lowest BCUT2D eigenvalue weighted by Gasteiger charge is -2.29. The number of aromatic nitrogens is 2. The van der Waals surface area contributed by atoms with Crippen LogP contribution in [-0.2, 0) is 4.79 Å². The molecule has 1 saturated heterocycles. The van der Waals surface area contributed by atoms with Crippen molar-refractivity contribution in [3.63, 3.8) is 0 Å². The van der Waals surface area contributed by atoms with Crippen LogP contribution in [0, 0.1) is 13.8 Å². The molecule has 1 fully saturated rings. The molecule has 0 N–H and O–H groups in total. The Morgan fingerprint density at radius 1 is 1.14 bits per heavy atom. The van der Waals surface area contributed by atoms with Crippen LogP contribution in [0.2, 0.25) is 5.02 Å². The van der Waals surface area contributed by atoms with Gasteiger partial charge in [0.05, 0.1) is 0 Å². The van der Waals surface area contributed by atoms with Gasteiger partial charge in [0.2, 0.25) is 0 Å². The van der Waals surface area contributed by atoms with E-state index in [9.17, 15) is 4.79 Å². The van der Waals surface area contributed by atoms with Gasteiger partial charge in [-0.25, -0.2) is 9.97 Å². The number of carbonyl (C=O) groups is 1. The van der Waals surface area contributed by atoms with Crippen LogP contribution in [0.5, 0.6) is 0 Å². The number of carbonyl (C=O) groups excluding carboxylic acids is 1. The second-order valence-corrected chi connectivity index (χ2v) is 6.05. The lowest BCUT2D eigenvalue weighted by molar-refractivity contribution is -0.119. The third-order valence-electron chi connectivity index (χ3n) is 4.07. The number of benzene rings is 1. The van der Waals surface area contributed by atoms with Gasteiger partial charge in [-0.1, -0.05) is 23.7 Å². The van der Waals surface area contributed by atoms with E-state index < -0.39 is 0 Å². The molecule has 2 heterocycles. The zero-order chi connectivity index (χ0) is 15.7. The first-order valence-corrected chi connectivity index (χ1v) is 7.80. The van der Waals surface area contributed by atoms with Gasteiger partial charge in [-0.2, -0.15) is 0 Å². The summed E-state index contributed by atoms with van der Waals surface area (Å²) in [7, 11) is 0. The number of nitrogens with zero attached hydrogens (tertiary/aromatic N) is 3. The molecular weight excluding hydrogens is 298 g/mol. The summed E-state index contributed by atoms with van der Waals surface area (Å²) in [6.45, 7) is 5.47. The van der Waals surface area contributed by atoms with E-state index in [1.807, 2.05) is 38.1 Å². The number of anilines is 1. The highest BCUT2D eigenvalue weighted by molar-refractivity contribution is 6.30. The average molecular weight is 316 g/mol. The topological polar surface area (TPSA) is 46.1 Å². The van der Waals surface area contributed by atoms with Crippen LogP contribution in [0.15, 0.2) is 24.3 Å². The maximum atomic E-state index is 11.4. The van der Waals surface area contributed by atoms with Crippen molar-refractivity contribution >= 4 is 23.2 Å². The van der Waals surface area contributed by atoms with E-state index in [0.29, 0.717) is 29.5 Å². The molecule has 2 aromatic rings. The summed E-state index contributed by atoms with van der Waals surface area (Å²) < 4.78 is 0. The predicted octanol–water partition coefficient (Wildman–Crippen LogP) is 3.58. The maximum Gasteiger partial charge on any atom is 0.161 e. The van der Waals surface area contributed by atoms with E-state index in [1.54, 1.807) is 0 Å². The van der Waals surface area contributed by atoms with E-state index in [2.05, 4.69) is 9.88 Å². The Labute approximate surface area is 135 Å². The van der Waals surface area contributed by atoms with Crippen molar-refractivity contribution in [2.45, 2.75) is 26.7 Å². The van der Waals surface area contributed by atoms with Gasteiger partial charge in [0.1, 0.15) is 11.6 Å². The van der Waals surface area contributed by atoms with Gasteiger partial charge >= 0.3 is 0 Å². The molecule has 0 amide bonds. The summed E-state index contributed by atoms with van der Waals surface area (Å²) in [5, 5.41) is 0.671. The number of halogens is 1. The molecule has 1 aromatic heterocycles. The minimum Gasteiger partial charge on any atom is -0.355 e. The van der Waals surface area contributed by atoms with Crippen molar-refractivity contribution in [3.8, 4) is 11.4 Å². The van der Waals surface area contributed by atoms with Gasteiger partial charge in [0.15, 0.2) is 5.82 Å². The van der Waals surface area contributed by atoms with Gasteiger partial charge in [-0.05, 0) is 26.0 Å². The minimum absolute atomic E-state index is 0.328. The second kappa shape index (κ2) is 6.05. The van der Waals surface area contributed by atoms with Crippen LogP contribution in [-0.4, -0.2) is 28.8 Å². The molecule has 0 aliphatic carbocycles. The molecule has 1 aliphatic heterocycles. The molecule has 1 aromatic carbocycles. The molecule has 4 nitrogen and oxygen atoms in total. The Morgan fingerprint density at radius 3 is 2.55 bits per heavy atom. The summed E-state index contributed by atoms with van der Waals surface area (Å²) in [6, 6.07) is 7.56. The second-order valence-electron chi connectivity index (χ2n) is 5.62. The Bertz CT molecular complexity index is 720. The largest absolute Gasteiger partial charge is 0.355 e. The van der Waals surface area contributed by atoms with Crippen LogP contribution in [0.4, 0.5) is 5.82 Å². The summed E-state index contributed by atoms with van der Waals surface area (Å²) in [6.07, 6.45) is 1.18. The number of aryl methyl sites for hydroxylation is 1. The number of hydrogen-bond acceptors (Lipinski definition) is 4. The fourth-order valence-electron chi connectivity index (χ4n) is 2.65. The van der Waals surface area contributed by atoms with Crippen LogP contribution in [0.3, 0.4) is 0 Å². The van der Waals surface area contributed by atoms with Crippen molar-refractivity contribution in [3.05, 3.63) is 40.5 Å². The fraction of sp³-hybridized carbons (Fsp3) is 0.353. The lowest BCUT2D eigenvalue weighted by atomic mass is 10.1. The Kier molecular flexibility index (Phi) is 4.12. The fourth-order valence-corrected chi connectivity index (χ4v) is 2.84. The molecular formula is C17H18ClN3O. The van der Waals surface area contributed by atoms with E-state index >= 15 is 0 Å². The van der Waals surface area contributed by atoms with Gasteiger partial charge < -0.3 is 4.90 Å². The van der Waals surface area contributed by atoms with Crippen LogP contribution < -0.4 is 4.90 Å². The van der Waals surface area contributed by atoms with E-state index in [1.165, 1.54) is 0 Å². The molecule has 0 spiro atoms. The third-order valence-corrected chi connectivity index (χ3v) is 4.30. The molecule has 114 valence electrons. The highest BCUT2D eigenvalue weighted by Crippen LogP contribution is 2.27. The quantitative estimate of drug-likeness (QED) is 0.849. The highest BCUT2D eigenvalue weighted by Gasteiger charge is 2.21. The Morgan fingerprint density at radius 2 is 1.86 bits per heavy atom. The summed E-state index contributed by atoms with van der Waals surface area (Å²) in [4.78, 5) is 23.0. The first kappa shape index (κ1) is 15.0. The summed E-state index contributed by atoms with van der Waals surface area (Å²) in [5.41, 5.74) is 2.93. The molecule has 0 bridgehead atoms. The molecule has 0 atom stereocenters. The van der Waals surface area contributed by atoms with Crippen molar-refractivity contribution in [2.24, 2.45) is 0 Å². The smallest absolute Gasteiger partial charge is 0.161 e. The third kappa shape index (κ3) is 2.97. The van der Waals surface area contributed by atoms with Crippen molar-refractivity contribution < 1.29 is 4.79 Å². The summed E-state index contributed by atoms with van der Waals surface area (Å²) in [5.74, 6) is 1.93. The monoisotopic (exact) mass is 315 g/mol. The predicted molar refractivity (Wildman–Crippen MR) is 88.4 cm³/mol. The normalized spacial score (nSPS) is 15.2. The van der Waals surface area contributed by atoms with Crippen molar-refractivity contribution in [2.75, 3.05) is 18.0 Å². The summed E-state index contributed by atoms with van der Waals surface area (Å²) >= 11 is 6.07. The molecule has 0 unspecified atom stereocenters. The molecule has 3 rings (SSSR count). The highest BCUT2D eigenvalue weighted by atomic mass is 35.5. The zero-order valence-electron chi connectivity index (χ0n) is 12.8. The molecule has 5 heteroatoms. The molecule has 1 aliphatic rings. The van der Waals surface area contributed by atoms with Crippen molar-refractivity contribution in [1.82, 2.24) is 9.97 Å². The van der Waals surface area contributed by atoms with E-state index in [4.69, 9.17) is 16.6 Å². The first-order valence-electron chi connectivity index (χ1n) is 7.42. The standard InChI is InChI=1S/C17H18ClN3O/c1-11-12(2)19-16(13-4-3-5-14(18)10-13)20-17(11)21-8-6-15(22)7-9-21/h3-5,10H,6-9H2,1-2H3. The van der Waals surface area contributed by atoms with Crippen LogP contribution in [0.1, 0.15) is 24.1 Å². The molecule has 0 radical (unpaired) electrons. The Hall–Kier alpha value is -1.94. The Balaban J connectivity index is 2.02. The van der Waals surface area contributed by atoms with Gasteiger partial charge in [-0.3, -0.25) is 4.79 Å².